The molecule has 0 radical (unpaired) electrons. The largest absolute Gasteiger partial charge is 0.331 e. The number of benzene rings is 2. The van der Waals surface area contributed by atoms with Gasteiger partial charge >= 0.3 is 0 Å². The molecule has 0 spiro atoms. The van der Waals surface area contributed by atoms with E-state index in [2.05, 4.69) is 10.3 Å². The van der Waals surface area contributed by atoms with Crippen LogP contribution < -0.4 is 5.32 Å². The quantitative estimate of drug-likeness (QED) is 0.693. The van der Waals surface area contributed by atoms with E-state index in [0.717, 1.165) is 5.56 Å². The second-order valence-electron chi connectivity index (χ2n) is 5.94. The van der Waals surface area contributed by atoms with Crippen molar-refractivity contribution in [2.24, 2.45) is 7.05 Å². The fraction of sp³-hybridized carbons (Fsp3) is 0.150. The Hall–Kier alpha value is -3.28. The number of anilines is 1. The van der Waals surface area contributed by atoms with Gasteiger partial charge in [-0.15, -0.1) is 0 Å². The average Bonchev–Trinajstić information content (AvgIpc) is 3.07. The van der Waals surface area contributed by atoms with E-state index >= 15 is 0 Å². The molecule has 0 saturated heterocycles. The SMILES string of the molecule is Cn1ccnc1C(=O)c1ccc(NC(=O)CCc2ccc(F)cc2)cc1. The minimum absolute atomic E-state index is 0.141. The van der Waals surface area contributed by atoms with Crippen LogP contribution in [0.4, 0.5) is 10.1 Å². The number of nitrogens with zero attached hydrogens (tertiary/aromatic N) is 2. The second-order valence-corrected chi connectivity index (χ2v) is 5.94. The van der Waals surface area contributed by atoms with Crippen molar-refractivity contribution in [2.75, 3.05) is 5.32 Å². The molecule has 0 aliphatic carbocycles. The van der Waals surface area contributed by atoms with Gasteiger partial charge in [0.25, 0.3) is 0 Å². The van der Waals surface area contributed by atoms with E-state index < -0.39 is 0 Å². The Morgan fingerprint density at radius 2 is 1.77 bits per heavy atom. The van der Waals surface area contributed by atoms with Crippen LogP contribution in [-0.4, -0.2) is 21.2 Å². The Morgan fingerprint density at radius 1 is 1.08 bits per heavy atom. The molecule has 1 amide bonds. The molecular formula is C20H18FN3O2. The van der Waals surface area contributed by atoms with Crippen molar-refractivity contribution in [1.82, 2.24) is 9.55 Å². The van der Waals surface area contributed by atoms with Crippen molar-refractivity contribution < 1.29 is 14.0 Å². The summed E-state index contributed by atoms with van der Waals surface area (Å²) in [5, 5.41) is 2.79. The number of imidazole rings is 1. The second kappa shape index (κ2) is 7.74. The third-order valence-corrected chi connectivity index (χ3v) is 4.01. The van der Waals surface area contributed by atoms with Gasteiger partial charge in [-0.3, -0.25) is 9.59 Å². The molecule has 1 aromatic heterocycles. The first kappa shape index (κ1) is 17.5. The third kappa shape index (κ3) is 4.22. The zero-order valence-electron chi connectivity index (χ0n) is 14.3. The highest BCUT2D eigenvalue weighted by molar-refractivity contribution is 6.07. The fourth-order valence-electron chi connectivity index (χ4n) is 2.55. The Morgan fingerprint density at radius 3 is 2.38 bits per heavy atom. The highest BCUT2D eigenvalue weighted by Crippen LogP contribution is 2.14. The fourth-order valence-corrected chi connectivity index (χ4v) is 2.55. The first-order valence-electron chi connectivity index (χ1n) is 8.19. The van der Waals surface area contributed by atoms with E-state index in [1.165, 1.54) is 12.1 Å². The van der Waals surface area contributed by atoms with Gasteiger partial charge in [-0.25, -0.2) is 9.37 Å². The summed E-state index contributed by atoms with van der Waals surface area (Å²) in [5.41, 5.74) is 2.02. The number of aromatic nitrogens is 2. The van der Waals surface area contributed by atoms with Crippen LogP contribution in [0.2, 0.25) is 0 Å². The van der Waals surface area contributed by atoms with Crippen molar-refractivity contribution in [3.63, 3.8) is 0 Å². The zero-order chi connectivity index (χ0) is 18.5. The van der Waals surface area contributed by atoms with Crippen LogP contribution in [0, 0.1) is 5.82 Å². The molecule has 26 heavy (non-hydrogen) atoms. The van der Waals surface area contributed by atoms with Crippen LogP contribution in [0.15, 0.2) is 60.9 Å². The van der Waals surface area contributed by atoms with Gasteiger partial charge < -0.3 is 9.88 Å². The lowest BCUT2D eigenvalue weighted by Crippen LogP contribution is -2.13. The highest BCUT2D eigenvalue weighted by Gasteiger charge is 2.13. The third-order valence-electron chi connectivity index (χ3n) is 4.01. The minimum Gasteiger partial charge on any atom is -0.331 e. The van der Waals surface area contributed by atoms with E-state index in [9.17, 15) is 14.0 Å². The molecule has 0 saturated carbocycles. The molecule has 0 bridgehead atoms. The van der Waals surface area contributed by atoms with Gasteiger partial charge in [0.05, 0.1) is 0 Å². The van der Waals surface area contributed by atoms with Gasteiger partial charge in [0.1, 0.15) is 5.82 Å². The molecule has 0 fully saturated rings. The topological polar surface area (TPSA) is 64.0 Å². The Labute approximate surface area is 150 Å². The number of carbonyl (C=O) groups excluding carboxylic acids is 2. The standard InChI is InChI=1S/C20H18FN3O2/c1-24-13-12-22-20(24)19(26)15-5-9-17(10-6-15)23-18(25)11-4-14-2-7-16(21)8-3-14/h2-3,5-10,12-13H,4,11H2,1H3,(H,23,25). The molecule has 1 N–H and O–H groups in total. The summed E-state index contributed by atoms with van der Waals surface area (Å²) < 4.78 is 14.5. The van der Waals surface area contributed by atoms with Gasteiger partial charge in [0.2, 0.25) is 11.7 Å². The summed E-state index contributed by atoms with van der Waals surface area (Å²) in [6.07, 6.45) is 4.10. The molecule has 0 unspecified atom stereocenters. The molecule has 3 rings (SSSR count). The van der Waals surface area contributed by atoms with Crippen molar-refractivity contribution in [3.05, 3.63) is 83.7 Å². The molecule has 6 heteroatoms. The molecule has 1 heterocycles. The predicted molar refractivity (Wildman–Crippen MR) is 96.4 cm³/mol. The predicted octanol–water partition coefficient (Wildman–Crippen LogP) is 3.36. The van der Waals surface area contributed by atoms with Crippen LogP contribution in [0.25, 0.3) is 0 Å². The summed E-state index contributed by atoms with van der Waals surface area (Å²) in [4.78, 5) is 28.4. The molecule has 0 aliphatic rings. The summed E-state index contributed by atoms with van der Waals surface area (Å²) in [6, 6.07) is 12.8. The summed E-state index contributed by atoms with van der Waals surface area (Å²) >= 11 is 0. The number of aryl methyl sites for hydroxylation is 2. The van der Waals surface area contributed by atoms with Crippen molar-refractivity contribution in [2.45, 2.75) is 12.8 Å². The van der Waals surface area contributed by atoms with E-state index in [1.54, 1.807) is 60.4 Å². The van der Waals surface area contributed by atoms with Crippen molar-refractivity contribution >= 4 is 17.4 Å². The maximum Gasteiger partial charge on any atom is 0.228 e. The molecule has 0 atom stereocenters. The van der Waals surface area contributed by atoms with Gasteiger partial charge in [-0.1, -0.05) is 12.1 Å². The number of nitrogens with one attached hydrogen (secondary N) is 1. The molecule has 0 aliphatic heterocycles. The van der Waals surface area contributed by atoms with E-state index in [-0.39, 0.29) is 17.5 Å². The van der Waals surface area contributed by atoms with Crippen molar-refractivity contribution in [1.29, 1.82) is 0 Å². The Balaban J connectivity index is 1.57. The summed E-state index contributed by atoms with van der Waals surface area (Å²) in [6.45, 7) is 0. The van der Waals surface area contributed by atoms with Gasteiger partial charge in [0, 0.05) is 37.1 Å². The number of halogens is 1. The molecule has 5 nitrogen and oxygen atoms in total. The molecule has 132 valence electrons. The van der Waals surface area contributed by atoms with Gasteiger partial charge in [-0.05, 0) is 48.4 Å². The van der Waals surface area contributed by atoms with E-state index in [4.69, 9.17) is 0 Å². The number of hydrogen-bond donors (Lipinski definition) is 1. The first-order valence-corrected chi connectivity index (χ1v) is 8.19. The lowest BCUT2D eigenvalue weighted by atomic mass is 10.1. The average molecular weight is 351 g/mol. The molecular weight excluding hydrogens is 333 g/mol. The maximum absolute atomic E-state index is 12.9. The van der Waals surface area contributed by atoms with E-state index in [0.29, 0.717) is 29.9 Å². The molecule has 2 aromatic carbocycles. The lowest BCUT2D eigenvalue weighted by molar-refractivity contribution is -0.116. The van der Waals surface area contributed by atoms with Crippen LogP contribution in [-0.2, 0) is 18.3 Å². The van der Waals surface area contributed by atoms with Crippen LogP contribution in [0.5, 0.6) is 0 Å². The van der Waals surface area contributed by atoms with Gasteiger partial charge in [-0.2, -0.15) is 0 Å². The Bertz CT molecular complexity index is 915. The minimum atomic E-state index is -0.293. The van der Waals surface area contributed by atoms with E-state index in [1.807, 2.05) is 0 Å². The maximum atomic E-state index is 12.9. The normalized spacial score (nSPS) is 10.5. The summed E-state index contributed by atoms with van der Waals surface area (Å²) in [5.74, 6) is -0.247. The number of hydrogen-bond acceptors (Lipinski definition) is 3. The smallest absolute Gasteiger partial charge is 0.228 e. The highest BCUT2D eigenvalue weighted by atomic mass is 19.1. The number of rotatable bonds is 6. The van der Waals surface area contributed by atoms with Crippen LogP contribution >= 0.6 is 0 Å². The number of amides is 1. The van der Waals surface area contributed by atoms with Gasteiger partial charge in [0.15, 0.2) is 5.82 Å². The zero-order valence-corrected chi connectivity index (χ0v) is 14.3. The monoisotopic (exact) mass is 351 g/mol. The van der Waals surface area contributed by atoms with Crippen LogP contribution in [0.1, 0.15) is 28.2 Å². The first-order chi connectivity index (χ1) is 12.5. The lowest BCUT2D eigenvalue weighted by Gasteiger charge is -2.07. The molecule has 3 aromatic rings. The van der Waals surface area contributed by atoms with Crippen molar-refractivity contribution in [3.8, 4) is 0 Å². The number of ketones is 1. The summed E-state index contributed by atoms with van der Waals surface area (Å²) in [7, 11) is 1.76. The number of carbonyl (C=O) groups is 2. The Kier molecular flexibility index (Phi) is 5.22. The van der Waals surface area contributed by atoms with Crippen LogP contribution in [0.3, 0.4) is 0 Å².